The van der Waals surface area contributed by atoms with Crippen LogP contribution in [0.25, 0.3) is 0 Å². The fraction of sp³-hybridized carbons (Fsp3) is 0.571. The summed E-state index contributed by atoms with van der Waals surface area (Å²) in [6.45, 7) is 6.31. The van der Waals surface area contributed by atoms with Crippen molar-refractivity contribution < 1.29 is 4.79 Å². The van der Waals surface area contributed by atoms with Crippen molar-refractivity contribution >= 4 is 33.4 Å². The zero-order chi connectivity index (χ0) is 23.9. The van der Waals surface area contributed by atoms with E-state index in [-0.39, 0.29) is 5.41 Å². The maximum atomic E-state index is 13.1. The van der Waals surface area contributed by atoms with Crippen LogP contribution in [0.1, 0.15) is 61.4 Å². The summed E-state index contributed by atoms with van der Waals surface area (Å²) in [6, 6.07) is 8.65. The molecule has 0 saturated carbocycles. The molecule has 5 rings (SSSR count). The first-order valence-corrected chi connectivity index (χ1v) is 13.9. The first-order chi connectivity index (χ1) is 16.3. The number of rotatable bonds is 3. The van der Waals surface area contributed by atoms with Gasteiger partial charge in [0.15, 0.2) is 0 Å². The molecule has 3 heterocycles. The molecule has 1 aromatic heterocycles. The van der Waals surface area contributed by atoms with E-state index in [1.165, 1.54) is 22.4 Å². The lowest BCUT2D eigenvalue weighted by molar-refractivity contribution is -0.134. The number of likely N-dealkylation sites (tertiary alicyclic amines) is 2. The van der Waals surface area contributed by atoms with Crippen molar-refractivity contribution in [3.63, 3.8) is 0 Å². The molecule has 1 aromatic carbocycles. The van der Waals surface area contributed by atoms with E-state index in [9.17, 15) is 4.79 Å². The number of piperidine rings is 2. The number of carbonyl (C=O) groups is 1. The van der Waals surface area contributed by atoms with Crippen molar-refractivity contribution in [2.75, 3.05) is 33.2 Å². The van der Waals surface area contributed by atoms with Crippen molar-refractivity contribution in [1.29, 1.82) is 0 Å². The normalized spacial score (nSPS) is 24.4. The van der Waals surface area contributed by atoms with Crippen LogP contribution < -0.4 is 0 Å². The lowest BCUT2D eigenvalue weighted by Crippen LogP contribution is -2.46. The molecule has 3 aliphatic rings. The molecule has 1 aliphatic carbocycles. The summed E-state index contributed by atoms with van der Waals surface area (Å²) in [5.74, 6) is 1.34. The van der Waals surface area contributed by atoms with Gasteiger partial charge in [0.2, 0.25) is 5.91 Å². The zero-order valence-electron chi connectivity index (χ0n) is 20.3. The molecular weight excluding hydrogens is 510 g/mol. The van der Waals surface area contributed by atoms with E-state index >= 15 is 0 Å². The van der Waals surface area contributed by atoms with Gasteiger partial charge in [-0.3, -0.25) is 9.78 Å². The van der Waals surface area contributed by atoms with E-state index in [2.05, 4.69) is 57.9 Å². The molecule has 4 nitrogen and oxygen atoms in total. The van der Waals surface area contributed by atoms with Crippen LogP contribution in [0.2, 0.25) is 5.02 Å². The van der Waals surface area contributed by atoms with Crippen LogP contribution in [0.3, 0.4) is 0 Å². The first-order valence-electron chi connectivity index (χ1n) is 12.7. The predicted octanol–water partition coefficient (Wildman–Crippen LogP) is 5.87. The molecule has 1 atom stereocenters. The summed E-state index contributed by atoms with van der Waals surface area (Å²) in [4.78, 5) is 22.6. The highest BCUT2D eigenvalue weighted by atomic mass is 79.9. The van der Waals surface area contributed by atoms with Crippen LogP contribution in [0.5, 0.6) is 0 Å². The molecule has 2 saturated heterocycles. The molecule has 0 radical (unpaired) electrons. The summed E-state index contributed by atoms with van der Waals surface area (Å²) in [6.07, 6.45) is 8.92. The Bertz CT molecular complexity index is 1000. The van der Waals surface area contributed by atoms with Gasteiger partial charge in [-0.15, -0.1) is 0 Å². The largest absolute Gasteiger partial charge is 0.343 e. The number of carbonyl (C=O) groups excluding carboxylic acids is 1. The van der Waals surface area contributed by atoms with Crippen molar-refractivity contribution in [2.24, 2.45) is 11.8 Å². The van der Waals surface area contributed by atoms with Crippen molar-refractivity contribution in [3.05, 3.63) is 62.3 Å². The molecule has 2 aromatic rings. The highest BCUT2D eigenvalue weighted by Crippen LogP contribution is 2.48. The number of halogens is 2. The van der Waals surface area contributed by atoms with Gasteiger partial charge in [-0.1, -0.05) is 17.7 Å². The fourth-order valence-corrected chi connectivity index (χ4v) is 7.15. The molecule has 0 spiro atoms. The van der Waals surface area contributed by atoms with Crippen LogP contribution >= 0.6 is 27.5 Å². The lowest BCUT2D eigenvalue weighted by Gasteiger charge is -2.44. The van der Waals surface area contributed by atoms with E-state index in [1.54, 1.807) is 0 Å². The second-order valence-corrected chi connectivity index (χ2v) is 12.1. The maximum absolute atomic E-state index is 13.1. The number of amides is 1. The maximum Gasteiger partial charge on any atom is 0.222 e. The van der Waals surface area contributed by atoms with Crippen LogP contribution in [0.15, 0.2) is 34.9 Å². The Labute approximate surface area is 217 Å². The molecule has 1 unspecified atom stereocenters. The highest BCUT2D eigenvalue weighted by Gasteiger charge is 2.44. The molecule has 2 fully saturated rings. The Morgan fingerprint density at radius 1 is 1.09 bits per heavy atom. The van der Waals surface area contributed by atoms with Gasteiger partial charge in [-0.25, -0.2) is 0 Å². The lowest BCUT2D eigenvalue weighted by atomic mass is 9.64. The van der Waals surface area contributed by atoms with Crippen molar-refractivity contribution in [3.8, 4) is 0 Å². The highest BCUT2D eigenvalue weighted by molar-refractivity contribution is 9.10. The Hall–Kier alpha value is -1.43. The van der Waals surface area contributed by atoms with E-state index < -0.39 is 0 Å². The molecular formula is C28H35BrClN3O. The molecule has 1 amide bonds. The van der Waals surface area contributed by atoms with Gasteiger partial charge >= 0.3 is 0 Å². The topological polar surface area (TPSA) is 36.4 Å². The summed E-state index contributed by atoms with van der Waals surface area (Å²) < 4.78 is 1.03. The number of nitrogens with zero attached hydrogens (tertiary/aromatic N) is 3. The SMILES string of the molecule is CN1CCC(CC(=O)N2CCC(C3(C)c4ccc(Cl)cc4CCc4cc(Br)cnc43)CC2)CC1. The average Bonchev–Trinajstić information content (AvgIpc) is 2.95. The third kappa shape index (κ3) is 4.68. The minimum absolute atomic E-state index is 0.185. The molecule has 0 N–H and O–H groups in total. The van der Waals surface area contributed by atoms with Crippen LogP contribution in [-0.2, 0) is 23.1 Å². The third-order valence-corrected chi connectivity index (χ3v) is 9.35. The summed E-state index contributed by atoms with van der Waals surface area (Å²) in [5.41, 5.74) is 5.04. The molecule has 0 bridgehead atoms. The van der Waals surface area contributed by atoms with Gasteiger partial charge < -0.3 is 9.80 Å². The summed E-state index contributed by atoms with van der Waals surface area (Å²) in [7, 11) is 2.18. The Morgan fingerprint density at radius 3 is 2.53 bits per heavy atom. The number of aromatic nitrogens is 1. The number of hydrogen-bond acceptors (Lipinski definition) is 3. The Morgan fingerprint density at radius 2 is 1.79 bits per heavy atom. The monoisotopic (exact) mass is 543 g/mol. The number of hydrogen-bond donors (Lipinski definition) is 0. The van der Waals surface area contributed by atoms with Gasteiger partial charge in [-0.2, -0.15) is 0 Å². The van der Waals surface area contributed by atoms with Crippen molar-refractivity contribution in [2.45, 2.75) is 57.3 Å². The molecule has 2 aliphatic heterocycles. The molecule has 6 heteroatoms. The molecule has 34 heavy (non-hydrogen) atoms. The van der Waals surface area contributed by atoms with Gasteiger partial charge in [-0.05, 0) is 128 Å². The van der Waals surface area contributed by atoms with Crippen molar-refractivity contribution in [1.82, 2.24) is 14.8 Å². The van der Waals surface area contributed by atoms with E-state index in [4.69, 9.17) is 16.6 Å². The van der Waals surface area contributed by atoms with E-state index in [1.807, 2.05) is 12.3 Å². The second-order valence-electron chi connectivity index (χ2n) is 10.8. The standard InChI is InChI=1S/C28H35BrClN3O/c1-28(22-9-13-33(14-10-22)26(34)15-19-7-11-32(2)12-8-19)25-6-5-24(30)17-20(25)3-4-21-16-23(29)18-31-27(21)28/h5-6,16-19,22H,3-4,7-15H2,1-2H3. The van der Waals surface area contributed by atoms with E-state index in [0.717, 1.165) is 80.6 Å². The minimum atomic E-state index is -0.185. The number of aryl methyl sites for hydroxylation is 2. The van der Waals surface area contributed by atoms with E-state index in [0.29, 0.717) is 17.7 Å². The zero-order valence-corrected chi connectivity index (χ0v) is 22.7. The van der Waals surface area contributed by atoms with Gasteiger partial charge in [0.25, 0.3) is 0 Å². The summed E-state index contributed by atoms with van der Waals surface area (Å²) >= 11 is 10.1. The minimum Gasteiger partial charge on any atom is -0.343 e. The molecule has 182 valence electrons. The third-order valence-electron chi connectivity index (χ3n) is 8.68. The Balaban J connectivity index is 1.37. The smallest absolute Gasteiger partial charge is 0.222 e. The predicted molar refractivity (Wildman–Crippen MR) is 141 cm³/mol. The second kappa shape index (κ2) is 9.91. The van der Waals surface area contributed by atoms with Gasteiger partial charge in [0.05, 0.1) is 5.69 Å². The number of benzene rings is 1. The van der Waals surface area contributed by atoms with Crippen LogP contribution in [0.4, 0.5) is 0 Å². The number of pyridine rings is 1. The van der Waals surface area contributed by atoms with Crippen LogP contribution in [-0.4, -0.2) is 53.9 Å². The summed E-state index contributed by atoms with van der Waals surface area (Å²) in [5, 5.41) is 0.801. The quantitative estimate of drug-likeness (QED) is 0.485. The number of fused-ring (bicyclic) bond motifs is 2. The first kappa shape index (κ1) is 24.3. The fourth-order valence-electron chi connectivity index (χ4n) is 6.57. The Kier molecular flexibility index (Phi) is 7.07. The average molecular weight is 545 g/mol. The van der Waals surface area contributed by atoms with Crippen LogP contribution in [0, 0.1) is 11.8 Å². The van der Waals surface area contributed by atoms with Gasteiger partial charge in [0, 0.05) is 40.6 Å². The van der Waals surface area contributed by atoms with Gasteiger partial charge in [0.1, 0.15) is 0 Å².